The van der Waals surface area contributed by atoms with Crippen LogP contribution in [0.15, 0.2) is 12.3 Å². The lowest BCUT2D eigenvalue weighted by Crippen LogP contribution is -2.34. The summed E-state index contributed by atoms with van der Waals surface area (Å²) in [5, 5.41) is 7.93. The number of aromatic nitrogens is 2. The van der Waals surface area contributed by atoms with Gasteiger partial charge in [0.15, 0.2) is 0 Å². The van der Waals surface area contributed by atoms with E-state index in [1.165, 1.54) is 44.2 Å². The number of nitrogens with zero attached hydrogens (tertiary/aromatic N) is 2. The van der Waals surface area contributed by atoms with Crippen LogP contribution in [0.25, 0.3) is 0 Å². The van der Waals surface area contributed by atoms with E-state index in [9.17, 15) is 0 Å². The highest BCUT2D eigenvalue weighted by atomic mass is 15.3. The fraction of sp³-hybridized carbons (Fsp3) is 0.786. The molecule has 1 aromatic heterocycles. The zero-order valence-corrected chi connectivity index (χ0v) is 10.7. The summed E-state index contributed by atoms with van der Waals surface area (Å²) < 4.78 is 1.97. The average Bonchev–Trinajstić information content (AvgIpc) is 3.12. The van der Waals surface area contributed by atoms with Crippen molar-refractivity contribution in [3.63, 3.8) is 0 Å². The van der Waals surface area contributed by atoms with Gasteiger partial charge in [-0.05, 0) is 43.6 Å². The van der Waals surface area contributed by atoms with Gasteiger partial charge in [-0.25, -0.2) is 0 Å². The fourth-order valence-electron chi connectivity index (χ4n) is 3.23. The van der Waals surface area contributed by atoms with Crippen LogP contribution in [0.2, 0.25) is 0 Å². The summed E-state index contributed by atoms with van der Waals surface area (Å²) in [5.41, 5.74) is 1.29. The molecule has 17 heavy (non-hydrogen) atoms. The number of nitrogens with one attached hydrogen (secondary N) is 1. The molecule has 2 saturated carbocycles. The predicted molar refractivity (Wildman–Crippen MR) is 68.5 cm³/mol. The maximum Gasteiger partial charge on any atom is 0.0518 e. The molecule has 2 unspecified atom stereocenters. The number of hydrogen-bond donors (Lipinski definition) is 1. The van der Waals surface area contributed by atoms with Crippen molar-refractivity contribution in [2.24, 2.45) is 18.9 Å². The third-order valence-corrected chi connectivity index (χ3v) is 4.50. The van der Waals surface area contributed by atoms with Crippen molar-refractivity contribution < 1.29 is 0 Å². The van der Waals surface area contributed by atoms with Gasteiger partial charge in [0.2, 0.25) is 0 Å². The van der Waals surface area contributed by atoms with Crippen molar-refractivity contribution in [1.29, 1.82) is 0 Å². The third kappa shape index (κ3) is 2.71. The number of hydrogen-bond acceptors (Lipinski definition) is 2. The molecule has 1 N–H and O–H groups in total. The van der Waals surface area contributed by atoms with Gasteiger partial charge >= 0.3 is 0 Å². The first-order valence-corrected chi connectivity index (χ1v) is 7.03. The molecule has 2 fully saturated rings. The van der Waals surface area contributed by atoms with Crippen LogP contribution < -0.4 is 5.32 Å². The average molecular weight is 233 g/mol. The second-order valence-electron chi connectivity index (χ2n) is 5.79. The second-order valence-corrected chi connectivity index (χ2v) is 5.79. The molecule has 3 heteroatoms. The Balaban J connectivity index is 1.49. The maximum absolute atomic E-state index is 4.21. The quantitative estimate of drug-likeness (QED) is 0.866. The lowest BCUT2D eigenvalue weighted by Gasteiger charge is -2.30. The van der Waals surface area contributed by atoms with E-state index in [1.807, 2.05) is 17.9 Å². The number of aryl methyl sites for hydroxylation is 1. The Kier molecular flexibility index (Phi) is 3.19. The highest BCUT2D eigenvalue weighted by Crippen LogP contribution is 2.43. The largest absolute Gasteiger partial charge is 0.308 e. The van der Waals surface area contributed by atoms with Gasteiger partial charge in [0.1, 0.15) is 0 Å². The first-order chi connectivity index (χ1) is 8.33. The van der Waals surface area contributed by atoms with Gasteiger partial charge in [-0.1, -0.05) is 12.8 Å². The first-order valence-electron chi connectivity index (χ1n) is 7.03. The summed E-state index contributed by atoms with van der Waals surface area (Å²) in [6.07, 6.45) is 10.5. The molecule has 1 heterocycles. The molecule has 2 atom stereocenters. The van der Waals surface area contributed by atoms with Crippen LogP contribution in [0, 0.1) is 11.8 Å². The minimum atomic E-state index is 0.740. The molecule has 0 spiro atoms. The van der Waals surface area contributed by atoms with Gasteiger partial charge in [-0.2, -0.15) is 5.10 Å². The summed E-state index contributed by atoms with van der Waals surface area (Å²) >= 11 is 0. The van der Waals surface area contributed by atoms with Gasteiger partial charge in [0, 0.05) is 25.8 Å². The van der Waals surface area contributed by atoms with Crippen molar-refractivity contribution in [3.05, 3.63) is 18.0 Å². The topological polar surface area (TPSA) is 29.9 Å². The van der Waals surface area contributed by atoms with E-state index in [0.29, 0.717) is 0 Å². The van der Waals surface area contributed by atoms with Crippen LogP contribution >= 0.6 is 0 Å². The van der Waals surface area contributed by atoms with E-state index in [2.05, 4.69) is 16.5 Å². The van der Waals surface area contributed by atoms with E-state index in [0.717, 1.165) is 24.4 Å². The molecule has 3 rings (SSSR count). The molecule has 0 amide bonds. The zero-order valence-electron chi connectivity index (χ0n) is 10.7. The Morgan fingerprint density at radius 3 is 2.88 bits per heavy atom. The molecule has 3 nitrogen and oxygen atoms in total. The number of rotatable bonds is 4. The maximum atomic E-state index is 4.21. The van der Waals surface area contributed by atoms with Gasteiger partial charge < -0.3 is 5.32 Å². The molecule has 0 bridgehead atoms. The molecule has 0 aromatic carbocycles. The van der Waals surface area contributed by atoms with Crippen LogP contribution in [0.1, 0.15) is 44.2 Å². The SMILES string of the molecule is Cn1nccc1CNC1CCCC(C2CC2)C1. The first kappa shape index (κ1) is 11.3. The van der Waals surface area contributed by atoms with Crippen LogP contribution in [0.3, 0.4) is 0 Å². The Hall–Kier alpha value is -0.830. The Morgan fingerprint density at radius 2 is 2.18 bits per heavy atom. The van der Waals surface area contributed by atoms with Crippen molar-refractivity contribution in [2.75, 3.05) is 0 Å². The van der Waals surface area contributed by atoms with Gasteiger partial charge in [-0.15, -0.1) is 0 Å². The lowest BCUT2D eigenvalue weighted by molar-refractivity contribution is 0.259. The molecule has 1 aromatic rings. The van der Waals surface area contributed by atoms with E-state index in [4.69, 9.17) is 0 Å². The predicted octanol–water partition coefficient (Wildman–Crippen LogP) is 2.48. The van der Waals surface area contributed by atoms with E-state index < -0.39 is 0 Å². The molecule has 0 aliphatic heterocycles. The van der Waals surface area contributed by atoms with Gasteiger partial charge in [-0.3, -0.25) is 4.68 Å². The summed E-state index contributed by atoms with van der Waals surface area (Å²) in [6, 6.07) is 2.85. The Morgan fingerprint density at radius 1 is 1.29 bits per heavy atom. The van der Waals surface area contributed by atoms with Gasteiger partial charge in [0.25, 0.3) is 0 Å². The third-order valence-electron chi connectivity index (χ3n) is 4.50. The van der Waals surface area contributed by atoms with Crippen LogP contribution in [0.4, 0.5) is 0 Å². The zero-order chi connectivity index (χ0) is 11.7. The summed E-state index contributed by atoms with van der Waals surface area (Å²) in [4.78, 5) is 0. The normalized spacial score (nSPS) is 29.5. The minimum Gasteiger partial charge on any atom is -0.308 e. The Bertz CT molecular complexity index is 367. The molecule has 0 saturated heterocycles. The smallest absolute Gasteiger partial charge is 0.0518 e. The molecule has 0 radical (unpaired) electrons. The standard InChI is InChI=1S/C14H23N3/c1-17-14(7-8-16-17)10-15-13-4-2-3-12(9-13)11-5-6-11/h7-8,11-13,15H,2-6,9-10H2,1H3. The summed E-state index contributed by atoms with van der Waals surface area (Å²) in [5.74, 6) is 2.10. The Labute approximate surface area is 104 Å². The highest BCUT2D eigenvalue weighted by molar-refractivity contribution is 5.00. The van der Waals surface area contributed by atoms with Crippen LogP contribution in [0.5, 0.6) is 0 Å². The van der Waals surface area contributed by atoms with E-state index in [-0.39, 0.29) is 0 Å². The van der Waals surface area contributed by atoms with E-state index >= 15 is 0 Å². The van der Waals surface area contributed by atoms with Crippen LogP contribution in [-0.2, 0) is 13.6 Å². The van der Waals surface area contributed by atoms with Crippen molar-refractivity contribution >= 4 is 0 Å². The molecular weight excluding hydrogens is 210 g/mol. The fourth-order valence-corrected chi connectivity index (χ4v) is 3.23. The molecular formula is C14H23N3. The summed E-state index contributed by atoms with van der Waals surface area (Å²) in [6.45, 7) is 0.971. The van der Waals surface area contributed by atoms with Crippen molar-refractivity contribution in [2.45, 2.75) is 51.1 Å². The van der Waals surface area contributed by atoms with E-state index in [1.54, 1.807) is 0 Å². The monoisotopic (exact) mass is 233 g/mol. The molecule has 2 aliphatic carbocycles. The summed E-state index contributed by atoms with van der Waals surface area (Å²) in [7, 11) is 2.02. The lowest BCUT2D eigenvalue weighted by atomic mass is 9.83. The molecule has 94 valence electrons. The van der Waals surface area contributed by atoms with Crippen molar-refractivity contribution in [3.8, 4) is 0 Å². The second kappa shape index (κ2) is 4.81. The minimum absolute atomic E-state index is 0.740. The highest BCUT2D eigenvalue weighted by Gasteiger charge is 2.34. The van der Waals surface area contributed by atoms with Gasteiger partial charge in [0.05, 0.1) is 5.69 Å². The van der Waals surface area contributed by atoms with Crippen molar-refractivity contribution in [1.82, 2.24) is 15.1 Å². The molecule has 2 aliphatic rings. The van der Waals surface area contributed by atoms with Crippen LogP contribution in [-0.4, -0.2) is 15.8 Å².